The van der Waals surface area contributed by atoms with Crippen LogP contribution in [0, 0.1) is 0 Å². The third kappa shape index (κ3) is 3.50. The number of aromatic nitrogens is 3. The van der Waals surface area contributed by atoms with E-state index in [2.05, 4.69) is 20.1 Å². The van der Waals surface area contributed by atoms with Crippen molar-refractivity contribution in [3.05, 3.63) is 72.3 Å². The second-order valence-electron chi connectivity index (χ2n) is 6.41. The summed E-state index contributed by atoms with van der Waals surface area (Å²) in [6.07, 6.45) is 1.52. The number of hydrogen-bond acceptors (Lipinski definition) is 4. The van der Waals surface area contributed by atoms with Crippen molar-refractivity contribution >= 4 is 5.91 Å². The molecule has 3 aromatic rings. The lowest BCUT2D eigenvalue weighted by Gasteiger charge is -2.34. The number of carbonyl (C=O) groups is 1. The van der Waals surface area contributed by atoms with Crippen LogP contribution in [-0.2, 0) is 6.54 Å². The topological polar surface area (TPSA) is 65.1 Å². The first kappa shape index (κ1) is 16.5. The van der Waals surface area contributed by atoms with Crippen LogP contribution in [0.2, 0.25) is 0 Å². The van der Waals surface area contributed by atoms with Gasteiger partial charge in [0.25, 0.3) is 5.91 Å². The monoisotopic (exact) mass is 347 g/mol. The quantitative estimate of drug-likeness (QED) is 0.787. The molecule has 6 heteroatoms. The van der Waals surface area contributed by atoms with Gasteiger partial charge in [-0.1, -0.05) is 48.5 Å². The van der Waals surface area contributed by atoms with E-state index in [1.54, 1.807) is 0 Å². The number of benzene rings is 2. The maximum absolute atomic E-state index is 13.1. The van der Waals surface area contributed by atoms with Crippen molar-refractivity contribution in [3.63, 3.8) is 0 Å². The SMILES string of the molecule is O=C(c1ccccc1-c1ccccc1)N1CCN(Cc2ncn[nH]2)CC1. The summed E-state index contributed by atoms with van der Waals surface area (Å²) in [5.41, 5.74) is 2.82. The van der Waals surface area contributed by atoms with Gasteiger partial charge < -0.3 is 4.90 Å². The number of aromatic amines is 1. The average Bonchev–Trinajstić information content (AvgIpc) is 3.22. The molecule has 0 aliphatic carbocycles. The zero-order valence-corrected chi connectivity index (χ0v) is 14.5. The molecule has 1 N–H and O–H groups in total. The van der Waals surface area contributed by atoms with Gasteiger partial charge in [-0.05, 0) is 17.2 Å². The number of nitrogens with zero attached hydrogens (tertiary/aromatic N) is 4. The number of rotatable bonds is 4. The minimum Gasteiger partial charge on any atom is -0.336 e. The molecule has 1 fully saturated rings. The number of H-pyrrole nitrogens is 1. The molecule has 4 rings (SSSR count). The number of hydrogen-bond donors (Lipinski definition) is 1. The highest BCUT2D eigenvalue weighted by Gasteiger charge is 2.24. The number of carbonyl (C=O) groups excluding carboxylic acids is 1. The Morgan fingerprint density at radius 1 is 0.962 bits per heavy atom. The van der Waals surface area contributed by atoms with E-state index in [-0.39, 0.29) is 5.91 Å². The molecule has 0 saturated carbocycles. The summed E-state index contributed by atoms with van der Waals surface area (Å²) in [7, 11) is 0. The minimum absolute atomic E-state index is 0.101. The van der Waals surface area contributed by atoms with Gasteiger partial charge >= 0.3 is 0 Å². The van der Waals surface area contributed by atoms with Gasteiger partial charge in [0.2, 0.25) is 0 Å². The first-order chi connectivity index (χ1) is 12.8. The summed E-state index contributed by atoms with van der Waals surface area (Å²) in [6, 6.07) is 17.9. The van der Waals surface area contributed by atoms with Crippen molar-refractivity contribution in [1.29, 1.82) is 0 Å². The van der Waals surface area contributed by atoms with Crippen molar-refractivity contribution in [1.82, 2.24) is 25.0 Å². The third-order valence-corrected chi connectivity index (χ3v) is 4.74. The van der Waals surface area contributed by atoms with Gasteiger partial charge in [-0.3, -0.25) is 14.8 Å². The van der Waals surface area contributed by atoms with E-state index < -0.39 is 0 Å². The molecule has 26 heavy (non-hydrogen) atoms. The lowest BCUT2D eigenvalue weighted by atomic mass is 9.98. The second kappa shape index (κ2) is 7.49. The first-order valence-corrected chi connectivity index (χ1v) is 8.81. The Morgan fingerprint density at radius 2 is 1.69 bits per heavy atom. The molecule has 2 heterocycles. The van der Waals surface area contributed by atoms with Crippen LogP contribution in [0.3, 0.4) is 0 Å². The standard InChI is InChI=1S/C20H21N5O/c26-20(18-9-5-4-8-17(18)16-6-2-1-3-7-16)25-12-10-24(11-13-25)14-19-21-15-22-23-19/h1-9,15H,10-14H2,(H,21,22,23). The van der Waals surface area contributed by atoms with E-state index >= 15 is 0 Å². The molecular formula is C20H21N5O. The van der Waals surface area contributed by atoms with E-state index in [0.717, 1.165) is 55.2 Å². The average molecular weight is 347 g/mol. The lowest BCUT2D eigenvalue weighted by molar-refractivity contribution is 0.0626. The molecule has 6 nitrogen and oxygen atoms in total. The highest BCUT2D eigenvalue weighted by molar-refractivity contribution is 6.00. The predicted molar refractivity (Wildman–Crippen MR) is 99.4 cm³/mol. The van der Waals surface area contributed by atoms with Gasteiger partial charge in [-0.2, -0.15) is 5.10 Å². The van der Waals surface area contributed by atoms with Gasteiger partial charge in [0, 0.05) is 31.7 Å². The molecule has 1 saturated heterocycles. The molecule has 0 spiro atoms. The van der Waals surface area contributed by atoms with Crippen LogP contribution < -0.4 is 0 Å². The Labute approximate surface area is 152 Å². The van der Waals surface area contributed by atoms with E-state index in [1.165, 1.54) is 6.33 Å². The van der Waals surface area contributed by atoms with Crippen molar-refractivity contribution in [2.24, 2.45) is 0 Å². The normalized spacial score (nSPS) is 15.2. The summed E-state index contributed by atoms with van der Waals surface area (Å²) in [4.78, 5) is 21.5. The molecule has 0 unspecified atom stereocenters. The molecule has 1 aromatic heterocycles. The van der Waals surface area contributed by atoms with E-state index in [0.29, 0.717) is 0 Å². The van der Waals surface area contributed by atoms with Gasteiger partial charge in [0.1, 0.15) is 12.2 Å². The van der Waals surface area contributed by atoms with Crippen LogP contribution in [0.1, 0.15) is 16.2 Å². The maximum Gasteiger partial charge on any atom is 0.254 e. The van der Waals surface area contributed by atoms with Crippen LogP contribution in [0.15, 0.2) is 60.9 Å². The van der Waals surface area contributed by atoms with Gasteiger partial charge in [0.05, 0.1) is 6.54 Å². The van der Waals surface area contributed by atoms with Crippen LogP contribution >= 0.6 is 0 Å². The largest absolute Gasteiger partial charge is 0.336 e. The van der Waals surface area contributed by atoms with E-state index in [1.807, 2.05) is 59.5 Å². The van der Waals surface area contributed by atoms with E-state index in [9.17, 15) is 4.79 Å². The summed E-state index contributed by atoms with van der Waals surface area (Å²) >= 11 is 0. The molecule has 2 aromatic carbocycles. The first-order valence-electron chi connectivity index (χ1n) is 8.81. The van der Waals surface area contributed by atoms with E-state index in [4.69, 9.17) is 0 Å². The van der Waals surface area contributed by atoms with Crippen LogP contribution in [0.25, 0.3) is 11.1 Å². The molecular weight excluding hydrogens is 326 g/mol. The van der Waals surface area contributed by atoms with Crippen molar-refractivity contribution < 1.29 is 4.79 Å². The Kier molecular flexibility index (Phi) is 4.75. The molecule has 0 radical (unpaired) electrons. The Hall–Kier alpha value is -2.99. The van der Waals surface area contributed by atoms with Crippen molar-refractivity contribution in [2.75, 3.05) is 26.2 Å². The fourth-order valence-electron chi connectivity index (χ4n) is 3.34. The fourth-order valence-corrected chi connectivity index (χ4v) is 3.34. The molecule has 132 valence electrons. The summed E-state index contributed by atoms with van der Waals surface area (Å²) in [5, 5.41) is 6.77. The zero-order chi connectivity index (χ0) is 17.8. The maximum atomic E-state index is 13.1. The molecule has 1 aliphatic rings. The highest BCUT2D eigenvalue weighted by atomic mass is 16.2. The number of amides is 1. The molecule has 1 amide bonds. The van der Waals surface area contributed by atoms with Crippen LogP contribution in [0.5, 0.6) is 0 Å². The smallest absolute Gasteiger partial charge is 0.254 e. The Bertz CT molecular complexity index is 855. The van der Waals surface area contributed by atoms with Crippen molar-refractivity contribution in [3.8, 4) is 11.1 Å². The summed E-state index contributed by atoms with van der Waals surface area (Å²) in [5.74, 6) is 0.961. The summed E-state index contributed by atoms with van der Waals surface area (Å²) < 4.78 is 0. The highest BCUT2D eigenvalue weighted by Crippen LogP contribution is 2.25. The minimum atomic E-state index is 0.101. The molecule has 0 atom stereocenters. The lowest BCUT2D eigenvalue weighted by Crippen LogP contribution is -2.48. The third-order valence-electron chi connectivity index (χ3n) is 4.74. The zero-order valence-electron chi connectivity index (χ0n) is 14.5. The van der Waals surface area contributed by atoms with Crippen molar-refractivity contribution in [2.45, 2.75) is 6.54 Å². The Morgan fingerprint density at radius 3 is 2.42 bits per heavy atom. The van der Waals surface area contributed by atoms with Crippen LogP contribution in [0.4, 0.5) is 0 Å². The number of nitrogens with one attached hydrogen (secondary N) is 1. The molecule has 0 bridgehead atoms. The van der Waals surface area contributed by atoms with Gasteiger partial charge in [-0.25, -0.2) is 4.98 Å². The van der Waals surface area contributed by atoms with Gasteiger partial charge in [0.15, 0.2) is 0 Å². The second-order valence-corrected chi connectivity index (χ2v) is 6.41. The van der Waals surface area contributed by atoms with Gasteiger partial charge in [-0.15, -0.1) is 0 Å². The summed E-state index contributed by atoms with van der Waals surface area (Å²) in [6.45, 7) is 3.84. The fraction of sp³-hybridized carbons (Fsp3) is 0.250. The Balaban J connectivity index is 1.46. The predicted octanol–water partition coefficient (Wildman–Crippen LogP) is 2.43. The number of piperazine rings is 1. The van der Waals surface area contributed by atoms with Crippen LogP contribution in [-0.4, -0.2) is 57.1 Å². The molecule has 1 aliphatic heterocycles.